The number of benzene rings is 1. The van der Waals surface area contributed by atoms with E-state index in [1.807, 2.05) is 33.3 Å². The van der Waals surface area contributed by atoms with E-state index in [4.69, 9.17) is 4.98 Å². The van der Waals surface area contributed by atoms with Crippen molar-refractivity contribution in [2.24, 2.45) is 5.92 Å². The highest BCUT2D eigenvalue weighted by Gasteiger charge is 2.26. The molecule has 0 saturated heterocycles. The highest BCUT2D eigenvalue weighted by Crippen LogP contribution is 2.29. The lowest BCUT2D eigenvalue weighted by Crippen LogP contribution is -2.36. The van der Waals surface area contributed by atoms with Crippen molar-refractivity contribution in [3.8, 4) is 11.4 Å². The molecule has 3 rings (SSSR count). The van der Waals surface area contributed by atoms with Crippen LogP contribution in [0.2, 0.25) is 0 Å². The molecule has 0 spiro atoms. The van der Waals surface area contributed by atoms with Crippen LogP contribution in [0.3, 0.4) is 0 Å². The van der Waals surface area contributed by atoms with Crippen LogP contribution in [0.1, 0.15) is 62.3 Å². The third-order valence-electron chi connectivity index (χ3n) is 5.61. The summed E-state index contributed by atoms with van der Waals surface area (Å²) in [7, 11) is 7.68. The Kier molecular flexibility index (Phi) is 11.2. The number of allylic oxidation sites excluding steroid dienone is 1. The van der Waals surface area contributed by atoms with Crippen molar-refractivity contribution in [2.75, 3.05) is 41.3 Å². The van der Waals surface area contributed by atoms with Gasteiger partial charge in [-0.25, -0.2) is 4.98 Å². The quantitative estimate of drug-likeness (QED) is 0.609. The summed E-state index contributed by atoms with van der Waals surface area (Å²) in [5.74, 6) is 1.05. The minimum absolute atomic E-state index is 0.0731. The molecule has 1 aliphatic heterocycles. The molecule has 0 radical (unpaired) electrons. The van der Waals surface area contributed by atoms with Crippen molar-refractivity contribution in [2.45, 2.75) is 53.6 Å². The molecule has 2 heterocycles. The Bertz CT molecular complexity index is 1050. The molecule has 0 saturated carbocycles. The van der Waals surface area contributed by atoms with Gasteiger partial charge in [0.15, 0.2) is 5.69 Å². The lowest BCUT2D eigenvalue weighted by Gasteiger charge is -2.18. The largest absolute Gasteiger partial charge is 0.377 e. The van der Waals surface area contributed by atoms with Crippen molar-refractivity contribution in [1.29, 1.82) is 0 Å². The molecule has 2 N–H and O–H groups in total. The standard InChI is InChI=1S/C24H34N6O2.C4H10/c1-6-9-19(28(3)4)17-10-7-11-18(14-17)23-27-22(24(32)26-15-21(31)25-2)20-16-29(5)12-8-13-30(20)23;1-4(2)3/h7,9-11,14H,6,8,12-13,15-16H2,1-5H3,(H,25,31)(H,26,32);4H,1-3H3/b19-9+;. The van der Waals surface area contributed by atoms with Gasteiger partial charge in [0.2, 0.25) is 5.91 Å². The molecular formula is C28H44N6O2. The summed E-state index contributed by atoms with van der Waals surface area (Å²) in [6.07, 6.45) is 4.13. The number of likely N-dealkylation sites (N-methyl/N-ethyl adjacent to an activating group) is 1. The Morgan fingerprint density at radius 2 is 1.89 bits per heavy atom. The predicted octanol–water partition coefficient (Wildman–Crippen LogP) is 3.84. The van der Waals surface area contributed by atoms with E-state index >= 15 is 0 Å². The Morgan fingerprint density at radius 3 is 2.50 bits per heavy atom. The lowest BCUT2D eigenvalue weighted by atomic mass is 10.1. The number of carbonyl (C=O) groups excluding carboxylic acids is 2. The summed E-state index contributed by atoms with van der Waals surface area (Å²) in [5, 5.41) is 5.22. The second-order valence-corrected chi connectivity index (χ2v) is 10.0. The maximum absolute atomic E-state index is 12.9. The zero-order valence-corrected chi connectivity index (χ0v) is 23.3. The van der Waals surface area contributed by atoms with Crippen LogP contribution < -0.4 is 10.6 Å². The summed E-state index contributed by atoms with van der Waals surface area (Å²) in [6.45, 7) is 10.9. The minimum Gasteiger partial charge on any atom is -0.377 e. The summed E-state index contributed by atoms with van der Waals surface area (Å²) in [5.41, 5.74) is 4.52. The third-order valence-corrected chi connectivity index (χ3v) is 5.61. The number of rotatable bonds is 7. The number of imidazole rings is 1. The first-order valence-electron chi connectivity index (χ1n) is 12.8. The molecule has 36 heavy (non-hydrogen) atoms. The number of hydrogen-bond donors (Lipinski definition) is 2. The van der Waals surface area contributed by atoms with Gasteiger partial charge in [-0.15, -0.1) is 0 Å². The molecule has 8 nitrogen and oxygen atoms in total. The molecule has 0 atom stereocenters. The third kappa shape index (κ3) is 7.95. The summed E-state index contributed by atoms with van der Waals surface area (Å²) < 4.78 is 2.16. The number of carbonyl (C=O) groups is 2. The van der Waals surface area contributed by atoms with Crippen LogP contribution >= 0.6 is 0 Å². The van der Waals surface area contributed by atoms with Gasteiger partial charge in [-0.05, 0) is 44.0 Å². The van der Waals surface area contributed by atoms with E-state index in [-0.39, 0.29) is 18.4 Å². The van der Waals surface area contributed by atoms with Crippen molar-refractivity contribution in [3.05, 3.63) is 47.3 Å². The number of aromatic nitrogens is 2. The van der Waals surface area contributed by atoms with Crippen molar-refractivity contribution < 1.29 is 9.59 Å². The average molecular weight is 497 g/mol. The fourth-order valence-corrected chi connectivity index (χ4v) is 4.03. The Balaban J connectivity index is 0.00000106. The fraction of sp³-hybridized carbons (Fsp3) is 0.536. The number of nitrogens with one attached hydrogen (secondary N) is 2. The number of nitrogens with zero attached hydrogens (tertiary/aromatic N) is 4. The minimum atomic E-state index is -0.324. The zero-order chi connectivity index (χ0) is 26.8. The molecule has 8 heteroatoms. The second-order valence-electron chi connectivity index (χ2n) is 10.0. The molecule has 0 aliphatic carbocycles. The topological polar surface area (TPSA) is 82.5 Å². The van der Waals surface area contributed by atoms with Gasteiger partial charge in [0.25, 0.3) is 5.91 Å². The van der Waals surface area contributed by atoms with E-state index in [1.54, 1.807) is 7.05 Å². The Labute approximate surface area is 216 Å². The normalized spacial score (nSPS) is 13.9. The smallest absolute Gasteiger partial charge is 0.272 e. The van der Waals surface area contributed by atoms with Gasteiger partial charge in [0.1, 0.15) is 5.82 Å². The van der Waals surface area contributed by atoms with E-state index in [1.165, 1.54) is 0 Å². The van der Waals surface area contributed by atoms with E-state index in [9.17, 15) is 9.59 Å². The molecule has 198 valence electrons. The molecular weight excluding hydrogens is 452 g/mol. The molecule has 2 amide bonds. The van der Waals surface area contributed by atoms with Gasteiger partial charge < -0.3 is 25.0 Å². The maximum atomic E-state index is 12.9. The van der Waals surface area contributed by atoms with E-state index in [0.29, 0.717) is 12.2 Å². The first-order valence-corrected chi connectivity index (χ1v) is 12.8. The molecule has 1 aromatic carbocycles. The highest BCUT2D eigenvalue weighted by molar-refractivity contribution is 5.96. The molecule has 2 aromatic rings. The van der Waals surface area contributed by atoms with Gasteiger partial charge in [-0.3, -0.25) is 9.59 Å². The monoisotopic (exact) mass is 496 g/mol. The fourth-order valence-electron chi connectivity index (χ4n) is 4.03. The van der Waals surface area contributed by atoms with E-state index < -0.39 is 0 Å². The lowest BCUT2D eigenvalue weighted by molar-refractivity contribution is -0.119. The average Bonchev–Trinajstić information content (AvgIpc) is 3.06. The van der Waals surface area contributed by atoms with Crippen molar-refractivity contribution >= 4 is 17.5 Å². The Morgan fingerprint density at radius 1 is 1.19 bits per heavy atom. The van der Waals surface area contributed by atoms with Gasteiger partial charge in [-0.1, -0.05) is 52.0 Å². The maximum Gasteiger partial charge on any atom is 0.272 e. The first-order chi connectivity index (χ1) is 17.1. The summed E-state index contributed by atoms with van der Waals surface area (Å²) >= 11 is 0. The number of amides is 2. The summed E-state index contributed by atoms with van der Waals surface area (Å²) in [4.78, 5) is 33.7. The SMILES string of the molecule is CC(C)C.CC/C=C(\c1cccc(-c2nc(C(=O)NCC(=O)NC)c3n2CCCN(C)C3)c1)N(C)C. The highest BCUT2D eigenvalue weighted by atomic mass is 16.2. The molecule has 1 aromatic heterocycles. The van der Waals surface area contributed by atoms with Crippen molar-refractivity contribution in [1.82, 2.24) is 30.0 Å². The Hall–Kier alpha value is -3.13. The van der Waals surface area contributed by atoms with Crippen LogP contribution in [0.5, 0.6) is 0 Å². The predicted molar refractivity (Wildman–Crippen MR) is 147 cm³/mol. The molecule has 0 bridgehead atoms. The number of hydrogen-bond acceptors (Lipinski definition) is 5. The van der Waals surface area contributed by atoms with E-state index in [2.05, 4.69) is 70.9 Å². The second kappa shape index (κ2) is 13.8. The van der Waals surface area contributed by atoms with Crippen LogP contribution in [-0.2, 0) is 17.9 Å². The van der Waals surface area contributed by atoms with Gasteiger partial charge in [-0.2, -0.15) is 0 Å². The van der Waals surface area contributed by atoms with Crippen LogP contribution in [-0.4, -0.2) is 72.4 Å². The van der Waals surface area contributed by atoms with Crippen molar-refractivity contribution in [3.63, 3.8) is 0 Å². The summed E-state index contributed by atoms with van der Waals surface area (Å²) in [6, 6.07) is 8.31. The van der Waals surface area contributed by atoms with Crippen LogP contribution in [0, 0.1) is 5.92 Å². The van der Waals surface area contributed by atoms with Gasteiger partial charge in [0, 0.05) is 45.5 Å². The van der Waals surface area contributed by atoms with Gasteiger partial charge in [0.05, 0.1) is 12.2 Å². The van der Waals surface area contributed by atoms with E-state index in [0.717, 1.165) is 60.2 Å². The molecule has 0 fully saturated rings. The first kappa shape index (κ1) is 29.1. The van der Waals surface area contributed by atoms with Crippen LogP contribution in [0.25, 0.3) is 17.1 Å². The number of fused-ring (bicyclic) bond motifs is 1. The van der Waals surface area contributed by atoms with Crippen LogP contribution in [0.4, 0.5) is 0 Å². The molecule has 0 unspecified atom stereocenters. The molecule has 1 aliphatic rings. The zero-order valence-electron chi connectivity index (χ0n) is 23.3. The van der Waals surface area contributed by atoms with Gasteiger partial charge >= 0.3 is 0 Å². The van der Waals surface area contributed by atoms with Crippen LogP contribution in [0.15, 0.2) is 30.3 Å².